The predicted octanol–water partition coefficient (Wildman–Crippen LogP) is 6.03. The van der Waals surface area contributed by atoms with Gasteiger partial charge in [0.1, 0.15) is 5.75 Å². The second-order valence-corrected chi connectivity index (χ2v) is 7.79. The topological polar surface area (TPSA) is 67.9 Å². The summed E-state index contributed by atoms with van der Waals surface area (Å²) in [4.78, 5) is 24.8. The van der Waals surface area contributed by atoms with E-state index in [2.05, 4.69) is 21.0 Å². The SMILES string of the molecule is O=C(c1ccc(Oc2ncccc2C2CCCCC2)cc1)c1nc2ccccc2[nH]1. The van der Waals surface area contributed by atoms with Crippen molar-refractivity contribution in [2.45, 2.75) is 38.0 Å². The van der Waals surface area contributed by atoms with Crippen LogP contribution in [-0.4, -0.2) is 20.7 Å². The third-order valence-corrected chi connectivity index (χ3v) is 5.78. The summed E-state index contributed by atoms with van der Waals surface area (Å²) >= 11 is 0. The molecule has 0 saturated heterocycles. The summed E-state index contributed by atoms with van der Waals surface area (Å²) in [6, 6.07) is 18.9. The molecule has 0 unspecified atom stereocenters. The van der Waals surface area contributed by atoms with Crippen molar-refractivity contribution in [2.24, 2.45) is 0 Å². The van der Waals surface area contributed by atoms with E-state index in [9.17, 15) is 4.79 Å². The van der Waals surface area contributed by atoms with Crippen LogP contribution in [0.5, 0.6) is 11.6 Å². The van der Waals surface area contributed by atoms with Crippen molar-refractivity contribution in [3.05, 3.63) is 83.8 Å². The monoisotopic (exact) mass is 397 g/mol. The van der Waals surface area contributed by atoms with Crippen LogP contribution in [0.1, 0.15) is 59.8 Å². The van der Waals surface area contributed by atoms with Gasteiger partial charge >= 0.3 is 0 Å². The van der Waals surface area contributed by atoms with Crippen LogP contribution in [0, 0.1) is 0 Å². The lowest BCUT2D eigenvalue weighted by Gasteiger charge is -2.23. The third-order valence-electron chi connectivity index (χ3n) is 5.78. The number of pyridine rings is 1. The van der Waals surface area contributed by atoms with Crippen molar-refractivity contribution < 1.29 is 9.53 Å². The lowest BCUT2D eigenvalue weighted by atomic mass is 9.84. The minimum Gasteiger partial charge on any atom is -0.439 e. The Balaban J connectivity index is 1.35. The van der Waals surface area contributed by atoms with Gasteiger partial charge < -0.3 is 9.72 Å². The van der Waals surface area contributed by atoms with Gasteiger partial charge in [-0.3, -0.25) is 4.79 Å². The fourth-order valence-electron chi connectivity index (χ4n) is 4.20. The van der Waals surface area contributed by atoms with Gasteiger partial charge in [-0.05, 0) is 61.2 Å². The molecule has 150 valence electrons. The quantitative estimate of drug-likeness (QED) is 0.418. The number of para-hydroxylation sites is 2. The number of ketones is 1. The van der Waals surface area contributed by atoms with Crippen LogP contribution in [0.2, 0.25) is 0 Å². The molecule has 2 heterocycles. The molecule has 5 rings (SSSR count). The molecule has 30 heavy (non-hydrogen) atoms. The standard InChI is InChI=1S/C25H23N3O2/c29-23(24-27-21-10-4-5-11-22(21)28-24)18-12-14-19(15-13-18)30-25-20(9-6-16-26-25)17-7-2-1-3-8-17/h4-6,9-17H,1-3,7-8H2,(H,27,28). The molecule has 2 aromatic heterocycles. The number of nitrogens with zero attached hydrogens (tertiary/aromatic N) is 2. The fourth-order valence-corrected chi connectivity index (χ4v) is 4.20. The van der Waals surface area contributed by atoms with Gasteiger partial charge in [-0.2, -0.15) is 0 Å². The van der Waals surface area contributed by atoms with Crippen molar-refractivity contribution in [3.63, 3.8) is 0 Å². The molecule has 1 fully saturated rings. The number of hydrogen-bond donors (Lipinski definition) is 1. The van der Waals surface area contributed by atoms with Crippen molar-refractivity contribution in [1.82, 2.24) is 15.0 Å². The number of ether oxygens (including phenoxy) is 1. The minimum absolute atomic E-state index is 0.140. The number of carbonyl (C=O) groups excluding carboxylic acids is 1. The van der Waals surface area contributed by atoms with Gasteiger partial charge in [-0.25, -0.2) is 9.97 Å². The maximum atomic E-state index is 12.8. The van der Waals surface area contributed by atoms with Crippen molar-refractivity contribution in [3.8, 4) is 11.6 Å². The molecule has 0 spiro atoms. The number of rotatable bonds is 5. The van der Waals surface area contributed by atoms with Gasteiger partial charge in [-0.1, -0.05) is 37.5 Å². The molecule has 0 atom stereocenters. The maximum Gasteiger partial charge on any atom is 0.228 e. The first-order chi connectivity index (χ1) is 14.8. The summed E-state index contributed by atoms with van der Waals surface area (Å²) in [6.07, 6.45) is 7.98. The Morgan fingerprint density at radius 3 is 2.53 bits per heavy atom. The molecule has 1 aliphatic rings. The molecule has 4 aromatic rings. The summed E-state index contributed by atoms with van der Waals surface area (Å²) in [7, 11) is 0. The van der Waals surface area contributed by atoms with E-state index in [1.807, 2.05) is 42.5 Å². The molecule has 0 amide bonds. The molecule has 1 N–H and O–H groups in total. The second-order valence-electron chi connectivity index (χ2n) is 7.79. The Hall–Kier alpha value is -3.47. The molecule has 0 bridgehead atoms. The lowest BCUT2D eigenvalue weighted by molar-refractivity contribution is 0.103. The zero-order chi connectivity index (χ0) is 20.3. The highest BCUT2D eigenvalue weighted by atomic mass is 16.5. The van der Waals surface area contributed by atoms with Gasteiger partial charge in [0, 0.05) is 17.3 Å². The highest BCUT2D eigenvalue weighted by Gasteiger charge is 2.20. The van der Waals surface area contributed by atoms with Crippen LogP contribution in [0.15, 0.2) is 66.9 Å². The van der Waals surface area contributed by atoms with Gasteiger partial charge in [-0.15, -0.1) is 0 Å². The average molecular weight is 397 g/mol. The van der Waals surface area contributed by atoms with Crippen LogP contribution in [0.3, 0.4) is 0 Å². The number of hydrogen-bond acceptors (Lipinski definition) is 4. The second kappa shape index (κ2) is 8.11. The van der Waals surface area contributed by atoms with E-state index in [1.54, 1.807) is 18.3 Å². The number of benzene rings is 2. The number of fused-ring (bicyclic) bond motifs is 1. The van der Waals surface area contributed by atoms with E-state index in [0.717, 1.165) is 11.0 Å². The molecule has 5 nitrogen and oxygen atoms in total. The Kier molecular flexibility index (Phi) is 5.01. The largest absolute Gasteiger partial charge is 0.439 e. The normalized spacial score (nSPS) is 14.7. The molecule has 2 aromatic carbocycles. The third kappa shape index (κ3) is 3.71. The summed E-state index contributed by atoms with van der Waals surface area (Å²) in [6.45, 7) is 0. The number of nitrogens with one attached hydrogen (secondary N) is 1. The van der Waals surface area contributed by atoms with Crippen LogP contribution in [0.4, 0.5) is 0 Å². The molecule has 0 aliphatic heterocycles. The molecule has 1 saturated carbocycles. The van der Waals surface area contributed by atoms with Gasteiger partial charge in [0.15, 0.2) is 5.82 Å². The van der Waals surface area contributed by atoms with Gasteiger partial charge in [0.2, 0.25) is 11.7 Å². The van der Waals surface area contributed by atoms with Gasteiger partial charge in [0.05, 0.1) is 11.0 Å². The number of carbonyl (C=O) groups is 1. The highest BCUT2D eigenvalue weighted by Crippen LogP contribution is 2.37. The van der Waals surface area contributed by atoms with Gasteiger partial charge in [0.25, 0.3) is 0 Å². The molecular weight excluding hydrogens is 374 g/mol. The number of H-pyrrole nitrogens is 1. The fraction of sp³-hybridized carbons (Fsp3) is 0.240. The average Bonchev–Trinajstić information content (AvgIpc) is 3.24. The Morgan fingerprint density at radius 2 is 1.73 bits per heavy atom. The lowest BCUT2D eigenvalue weighted by Crippen LogP contribution is -2.07. The Bertz CT molecular complexity index is 1140. The summed E-state index contributed by atoms with van der Waals surface area (Å²) in [5.41, 5.74) is 3.38. The van der Waals surface area contributed by atoms with E-state index < -0.39 is 0 Å². The first-order valence-corrected chi connectivity index (χ1v) is 10.5. The predicted molar refractivity (Wildman–Crippen MR) is 116 cm³/mol. The van der Waals surface area contributed by atoms with Crippen LogP contribution in [-0.2, 0) is 0 Å². The smallest absolute Gasteiger partial charge is 0.228 e. The van der Waals surface area contributed by atoms with E-state index in [1.165, 1.54) is 37.7 Å². The summed E-state index contributed by atoms with van der Waals surface area (Å²) in [5.74, 6) is 2.05. The Morgan fingerprint density at radius 1 is 0.933 bits per heavy atom. The highest BCUT2D eigenvalue weighted by molar-refractivity contribution is 6.08. The molecule has 5 heteroatoms. The van der Waals surface area contributed by atoms with E-state index in [0.29, 0.717) is 28.9 Å². The zero-order valence-corrected chi connectivity index (χ0v) is 16.7. The van der Waals surface area contributed by atoms with Crippen molar-refractivity contribution >= 4 is 16.8 Å². The summed E-state index contributed by atoms with van der Waals surface area (Å²) in [5, 5.41) is 0. The van der Waals surface area contributed by atoms with E-state index in [4.69, 9.17) is 4.74 Å². The van der Waals surface area contributed by atoms with Crippen LogP contribution < -0.4 is 4.74 Å². The number of aromatic amines is 1. The molecular formula is C25H23N3O2. The number of aromatic nitrogens is 3. The zero-order valence-electron chi connectivity index (χ0n) is 16.7. The van der Waals surface area contributed by atoms with Crippen molar-refractivity contribution in [2.75, 3.05) is 0 Å². The first kappa shape index (κ1) is 18.6. The first-order valence-electron chi connectivity index (χ1n) is 10.5. The van der Waals surface area contributed by atoms with Crippen molar-refractivity contribution in [1.29, 1.82) is 0 Å². The van der Waals surface area contributed by atoms with E-state index in [-0.39, 0.29) is 5.78 Å². The van der Waals surface area contributed by atoms with E-state index >= 15 is 0 Å². The minimum atomic E-state index is -0.140. The van der Waals surface area contributed by atoms with Crippen LogP contribution >= 0.6 is 0 Å². The molecule has 1 aliphatic carbocycles. The number of imidazole rings is 1. The summed E-state index contributed by atoms with van der Waals surface area (Å²) < 4.78 is 6.11. The Labute approximate surface area is 175 Å². The maximum absolute atomic E-state index is 12.8. The van der Waals surface area contributed by atoms with Crippen LogP contribution in [0.25, 0.3) is 11.0 Å². The molecule has 0 radical (unpaired) electrons.